The maximum absolute atomic E-state index is 9.91. The normalized spacial score (nSPS) is 17.8. The van der Waals surface area contributed by atoms with Crippen LogP contribution in [0, 0.1) is 0 Å². The minimum atomic E-state index is 0.629. The van der Waals surface area contributed by atoms with Crippen LogP contribution in [-0.2, 0) is 4.79 Å². The topological polar surface area (TPSA) is 20.3 Å². The molecule has 0 aromatic carbocycles. The molecule has 0 bridgehead atoms. The Bertz CT molecular complexity index is 130. The molecule has 0 N–H and O–H groups in total. The molecule has 1 saturated heterocycles. The van der Waals surface area contributed by atoms with Crippen molar-refractivity contribution in [3.8, 4) is 0 Å². The highest BCUT2D eigenvalue weighted by Crippen LogP contribution is 2.09. The van der Waals surface area contributed by atoms with E-state index in [1.54, 1.807) is 0 Å². The zero-order valence-electron chi connectivity index (χ0n) is 8.43. The molecule has 0 aliphatic carbocycles. The Labute approximate surface area is 81.3 Å². The Hall–Kier alpha value is -0.370. The van der Waals surface area contributed by atoms with Gasteiger partial charge in [-0.25, -0.2) is 0 Å². The summed E-state index contributed by atoms with van der Waals surface area (Å²) in [5.41, 5.74) is 0. The van der Waals surface area contributed by atoms with Gasteiger partial charge in [0.15, 0.2) is 6.29 Å². The smallest absolute Gasteiger partial charge is 0.198 e. The van der Waals surface area contributed by atoms with Crippen LogP contribution >= 0.6 is 0 Å². The number of carbonyl (C=O) groups excluding carboxylic acids is 1. The highest BCUT2D eigenvalue weighted by Gasteiger charge is 2.09. The molecular formula is C11H20NO. The highest BCUT2D eigenvalue weighted by molar-refractivity contribution is 5.50. The van der Waals surface area contributed by atoms with Gasteiger partial charge in [-0.1, -0.05) is 12.8 Å². The van der Waals surface area contributed by atoms with Crippen LogP contribution < -0.4 is 0 Å². The summed E-state index contributed by atoms with van der Waals surface area (Å²) in [6, 6.07) is 0. The van der Waals surface area contributed by atoms with E-state index >= 15 is 0 Å². The van der Waals surface area contributed by atoms with Crippen molar-refractivity contribution in [2.45, 2.75) is 44.9 Å². The second kappa shape index (κ2) is 7.07. The van der Waals surface area contributed by atoms with Crippen LogP contribution in [-0.4, -0.2) is 30.8 Å². The van der Waals surface area contributed by atoms with Crippen LogP contribution in [0.25, 0.3) is 0 Å². The summed E-state index contributed by atoms with van der Waals surface area (Å²) in [6.45, 7) is 3.88. The van der Waals surface area contributed by atoms with Gasteiger partial charge in [0.1, 0.15) is 0 Å². The Morgan fingerprint density at radius 3 is 2.38 bits per heavy atom. The third kappa shape index (κ3) is 5.04. The first-order valence-corrected chi connectivity index (χ1v) is 5.51. The number of hydrogen-bond acceptors (Lipinski definition) is 2. The van der Waals surface area contributed by atoms with Gasteiger partial charge in [-0.15, -0.1) is 0 Å². The SMILES string of the molecule is O=[C]CCCCCCN1CCCC1. The fourth-order valence-corrected chi connectivity index (χ4v) is 1.89. The number of unbranched alkanes of at least 4 members (excludes halogenated alkanes) is 4. The summed E-state index contributed by atoms with van der Waals surface area (Å²) in [5.74, 6) is 0. The Morgan fingerprint density at radius 2 is 1.69 bits per heavy atom. The Balaban J connectivity index is 1.80. The van der Waals surface area contributed by atoms with Crippen LogP contribution in [0.1, 0.15) is 44.9 Å². The van der Waals surface area contributed by atoms with Crippen LogP contribution in [0.4, 0.5) is 0 Å². The minimum absolute atomic E-state index is 0.629. The molecule has 75 valence electrons. The quantitative estimate of drug-likeness (QED) is 0.562. The van der Waals surface area contributed by atoms with Gasteiger partial charge in [0.2, 0.25) is 0 Å². The lowest BCUT2D eigenvalue weighted by Crippen LogP contribution is -2.20. The third-order valence-corrected chi connectivity index (χ3v) is 2.70. The van der Waals surface area contributed by atoms with E-state index in [0.29, 0.717) is 6.42 Å². The van der Waals surface area contributed by atoms with Crippen molar-refractivity contribution in [2.24, 2.45) is 0 Å². The summed E-state index contributed by atoms with van der Waals surface area (Å²) < 4.78 is 0. The lowest BCUT2D eigenvalue weighted by Gasteiger charge is -2.13. The molecule has 0 unspecified atom stereocenters. The molecule has 13 heavy (non-hydrogen) atoms. The number of rotatable bonds is 7. The number of likely N-dealkylation sites (tertiary alicyclic amines) is 1. The van der Waals surface area contributed by atoms with Gasteiger partial charge in [-0.3, -0.25) is 4.79 Å². The fourth-order valence-electron chi connectivity index (χ4n) is 1.89. The zero-order valence-corrected chi connectivity index (χ0v) is 8.43. The van der Waals surface area contributed by atoms with E-state index in [0.717, 1.165) is 6.42 Å². The molecule has 0 spiro atoms. The van der Waals surface area contributed by atoms with Gasteiger partial charge in [-0.2, -0.15) is 0 Å². The number of nitrogens with zero attached hydrogens (tertiary/aromatic N) is 1. The van der Waals surface area contributed by atoms with Gasteiger partial charge in [0.25, 0.3) is 0 Å². The van der Waals surface area contributed by atoms with Crippen molar-refractivity contribution in [1.29, 1.82) is 0 Å². The predicted octanol–water partition coefficient (Wildman–Crippen LogP) is 2.14. The van der Waals surface area contributed by atoms with Crippen LogP contribution in [0.3, 0.4) is 0 Å². The summed E-state index contributed by atoms with van der Waals surface area (Å²) in [4.78, 5) is 12.5. The molecule has 1 fully saturated rings. The van der Waals surface area contributed by atoms with Gasteiger partial charge in [-0.05, 0) is 45.3 Å². The first-order chi connectivity index (χ1) is 6.43. The lowest BCUT2D eigenvalue weighted by atomic mass is 10.1. The van der Waals surface area contributed by atoms with E-state index in [9.17, 15) is 4.79 Å². The van der Waals surface area contributed by atoms with Crippen molar-refractivity contribution < 1.29 is 4.79 Å². The molecule has 0 saturated carbocycles. The molecule has 1 aliphatic heterocycles. The monoisotopic (exact) mass is 182 g/mol. The fraction of sp³-hybridized carbons (Fsp3) is 0.909. The minimum Gasteiger partial charge on any atom is -0.303 e. The molecule has 2 heteroatoms. The summed E-state index contributed by atoms with van der Waals surface area (Å²) in [6.07, 6.45) is 10.2. The van der Waals surface area contributed by atoms with Crippen LogP contribution in [0.2, 0.25) is 0 Å². The molecule has 0 aromatic heterocycles. The molecular weight excluding hydrogens is 162 g/mol. The van der Waals surface area contributed by atoms with Gasteiger partial charge in [0, 0.05) is 6.42 Å². The van der Waals surface area contributed by atoms with Crippen LogP contribution in [0.5, 0.6) is 0 Å². The molecule has 1 radical (unpaired) electrons. The summed E-state index contributed by atoms with van der Waals surface area (Å²) in [7, 11) is 0. The molecule has 1 aliphatic rings. The molecule has 0 amide bonds. The molecule has 1 rings (SSSR count). The van der Waals surface area contributed by atoms with Crippen LogP contribution in [0.15, 0.2) is 0 Å². The van der Waals surface area contributed by atoms with Gasteiger partial charge >= 0.3 is 0 Å². The maximum atomic E-state index is 9.91. The molecule has 0 atom stereocenters. The Morgan fingerprint density at radius 1 is 1.00 bits per heavy atom. The van der Waals surface area contributed by atoms with Gasteiger partial charge in [0.05, 0.1) is 0 Å². The predicted molar refractivity (Wildman–Crippen MR) is 54.5 cm³/mol. The van der Waals surface area contributed by atoms with E-state index in [1.807, 2.05) is 6.29 Å². The summed E-state index contributed by atoms with van der Waals surface area (Å²) in [5, 5.41) is 0. The largest absolute Gasteiger partial charge is 0.303 e. The van der Waals surface area contributed by atoms with E-state index < -0.39 is 0 Å². The van der Waals surface area contributed by atoms with Crippen molar-refractivity contribution in [3.63, 3.8) is 0 Å². The van der Waals surface area contributed by atoms with Crippen molar-refractivity contribution in [3.05, 3.63) is 0 Å². The van der Waals surface area contributed by atoms with Gasteiger partial charge < -0.3 is 4.90 Å². The van der Waals surface area contributed by atoms with Crippen molar-refractivity contribution in [2.75, 3.05) is 19.6 Å². The molecule has 2 nitrogen and oxygen atoms in total. The third-order valence-electron chi connectivity index (χ3n) is 2.70. The zero-order chi connectivity index (χ0) is 9.36. The Kier molecular flexibility index (Phi) is 5.83. The van der Waals surface area contributed by atoms with E-state index in [2.05, 4.69) is 4.90 Å². The first kappa shape index (κ1) is 10.7. The highest BCUT2D eigenvalue weighted by atomic mass is 16.1. The van der Waals surface area contributed by atoms with E-state index in [4.69, 9.17) is 0 Å². The van der Waals surface area contributed by atoms with Crippen molar-refractivity contribution >= 4 is 6.29 Å². The average Bonchev–Trinajstić information content (AvgIpc) is 2.63. The molecule has 1 heterocycles. The second-order valence-corrected chi connectivity index (χ2v) is 3.86. The summed E-state index contributed by atoms with van der Waals surface area (Å²) >= 11 is 0. The maximum Gasteiger partial charge on any atom is 0.198 e. The standard InChI is InChI=1S/C11H20NO/c13-11-7-3-1-2-4-8-12-9-5-6-10-12/h1-10H2. The molecule has 0 aromatic rings. The van der Waals surface area contributed by atoms with E-state index in [1.165, 1.54) is 51.7 Å². The van der Waals surface area contributed by atoms with E-state index in [-0.39, 0.29) is 0 Å². The lowest BCUT2D eigenvalue weighted by molar-refractivity contribution is 0.328. The average molecular weight is 182 g/mol. The van der Waals surface area contributed by atoms with Crippen molar-refractivity contribution in [1.82, 2.24) is 4.90 Å². The number of hydrogen-bond donors (Lipinski definition) is 0. The second-order valence-electron chi connectivity index (χ2n) is 3.86. The first-order valence-electron chi connectivity index (χ1n) is 5.51.